The number of rotatable bonds is 2. The lowest BCUT2D eigenvalue weighted by Gasteiger charge is -2.07. The summed E-state index contributed by atoms with van der Waals surface area (Å²) in [5.74, 6) is -0.251. The Kier molecular flexibility index (Phi) is 2.67. The summed E-state index contributed by atoms with van der Waals surface area (Å²) < 4.78 is 24.0. The van der Waals surface area contributed by atoms with Gasteiger partial charge in [-0.25, -0.2) is 4.39 Å². The number of hydrogen-bond acceptors (Lipinski definition) is 3. The molecule has 2 unspecified atom stereocenters. The molecule has 0 radical (unpaired) electrons. The van der Waals surface area contributed by atoms with Crippen LogP contribution in [0.1, 0.15) is 30.3 Å². The summed E-state index contributed by atoms with van der Waals surface area (Å²) >= 11 is 0. The van der Waals surface area contributed by atoms with Crippen molar-refractivity contribution in [3.05, 3.63) is 35.8 Å². The number of halogens is 1. The van der Waals surface area contributed by atoms with Gasteiger partial charge in [-0.3, -0.25) is 4.79 Å². The zero-order chi connectivity index (χ0) is 12.7. The fraction of sp³-hybridized carbons (Fsp3) is 0.357. The van der Waals surface area contributed by atoms with E-state index in [0.29, 0.717) is 17.4 Å². The topological polar surface area (TPSA) is 39.4 Å². The van der Waals surface area contributed by atoms with E-state index in [-0.39, 0.29) is 23.5 Å². The molecule has 0 bridgehead atoms. The number of fused-ring (bicyclic) bond motifs is 1. The Morgan fingerprint density at radius 1 is 1.33 bits per heavy atom. The number of carbonyl (C=O) groups excluding carboxylic acids is 1. The summed E-state index contributed by atoms with van der Waals surface area (Å²) in [4.78, 5) is 12.1. The highest BCUT2D eigenvalue weighted by molar-refractivity contribution is 6.00. The monoisotopic (exact) mass is 248 g/mol. The Morgan fingerprint density at radius 3 is 2.89 bits per heavy atom. The predicted molar refractivity (Wildman–Crippen MR) is 64.1 cm³/mol. The van der Waals surface area contributed by atoms with E-state index >= 15 is 0 Å². The van der Waals surface area contributed by atoms with Gasteiger partial charge in [0.05, 0.1) is 6.10 Å². The molecule has 3 rings (SSSR count). The summed E-state index contributed by atoms with van der Waals surface area (Å²) in [5, 5.41) is 0.601. The van der Waals surface area contributed by atoms with Crippen molar-refractivity contribution in [1.82, 2.24) is 0 Å². The first-order chi connectivity index (χ1) is 8.63. The lowest BCUT2D eigenvalue weighted by molar-refractivity contribution is 0.0413. The highest BCUT2D eigenvalue weighted by Crippen LogP contribution is 2.26. The second kappa shape index (κ2) is 4.21. The summed E-state index contributed by atoms with van der Waals surface area (Å²) in [5.41, 5.74) is 0.519. The Morgan fingerprint density at radius 2 is 2.17 bits per heavy atom. The molecule has 1 aromatic carbocycles. The van der Waals surface area contributed by atoms with Crippen molar-refractivity contribution in [3.8, 4) is 0 Å². The van der Waals surface area contributed by atoms with Gasteiger partial charge in [-0.2, -0.15) is 0 Å². The maximum absolute atomic E-state index is 13.0. The van der Waals surface area contributed by atoms with Crippen LogP contribution in [0.3, 0.4) is 0 Å². The molecule has 3 nitrogen and oxygen atoms in total. The molecular weight excluding hydrogens is 235 g/mol. The third-order valence-electron chi connectivity index (χ3n) is 3.25. The van der Waals surface area contributed by atoms with E-state index in [9.17, 15) is 9.18 Å². The van der Waals surface area contributed by atoms with E-state index < -0.39 is 6.10 Å². The van der Waals surface area contributed by atoms with Gasteiger partial charge in [0.25, 0.3) is 0 Å². The molecular formula is C14H13FO3. The van der Waals surface area contributed by atoms with Crippen LogP contribution >= 0.6 is 0 Å². The van der Waals surface area contributed by atoms with E-state index in [4.69, 9.17) is 9.15 Å². The minimum absolute atomic E-state index is 0.112. The molecule has 0 N–H and O–H groups in total. The zero-order valence-corrected chi connectivity index (χ0v) is 9.98. The fourth-order valence-corrected chi connectivity index (χ4v) is 2.29. The molecule has 0 aliphatic carbocycles. The summed E-state index contributed by atoms with van der Waals surface area (Å²) in [6.07, 6.45) is 1.28. The van der Waals surface area contributed by atoms with Gasteiger partial charge in [0, 0.05) is 5.39 Å². The molecule has 0 amide bonds. The molecule has 2 atom stereocenters. The van der Waals surface area contributed by atoms with Crippen LogP contribution in [0.15, 0.2) is 28.7 Å². The second-order valence-corrected chi connectivity index (χ2v) is 4.67. The van der Waals surface area contributed by atoms with Crippen molar-refractivity contribution >= 4 is 16.8 Å². The van der Waals surface area contributed by atoms with Crippen molar-refractivity contribution < 1.29 is 18.3 Å². The van der Waals surface area contributed by atoms with Crippen LogP contribution in [0.5, 0.6) is 0 Å². The first-order valence-corrected chi connectivity index (χ1v) is 6.02. The van der Waals surface area contributed by atoms with Crippen LogP contribution in [0.4, 0.5) is 4.39 Å². The lowest BCUT2D eigenvalue weighted by Crippen LogP contribution is -2.20. The molecule has 1 saturated heterocycles. The Balaban J connectivity index is 1.92. The Bertz CT molecular complexity index is 602. The highest BCUT2D eigenvalue weighted by atomic mass is 19.1. The van der Waals surface area contributed by atoms with Gasteiger partial charge in [0.1, 0.15) is 17.5 Å². The quantitative estimate of drug-likeness (QED) is 0.765. The van der Waals surface area contributed by atoms with Gasteiger partial charge in [-0.05, 0) is 44.0 Å². The number of hydrogen-bond donors (Lipinski definition) is 0. The molecule has 1 aliphatic heterocycles. The lowest BCUT2D eigenvalue weighted by atomic mass is 10.1. The van der Waals surface area contributed by atoms with Crippen LogP contribution in [-0.4, -0.2) is 18.0 Å². The van der Waals surface area contributed by atoms with Gasteiger partial charge in [0.15, 0.2) is 5.76 Å². The molecule has 0 saturated carbocycles. The number of furan rings is 1. The largest absolute Gasteiger partial charge is 0.453 e. The van der Waals surface area contributed by atoms with Crippen molar-refractivity contribution in [2.75, 3.05) is 0 Å². The Labute approximate surface area is 104 Å². The van der Waals surface area contributed by atoms with Gasteiger partial charge in [0.2, 0.25) is 5.78 Å². The Hall–Kier alpha value is -1.68. The number of benzene rings is 1. The maximum Gasteiger partial charge on any atom is 0.226 e. The molecule has 4 heteroatoms. The molecule has 1 aromatic heterocycles. The molecule has 94 valence electrons. The van der Waals surface area contributed by atoms with Crippen molar-refractivity contribution in [3.63, 3.8) is 0 Å². The van der Waals surface area contributed by atoms with Crippen LogP contribution in [0, 0.1) is 5.82 Å². The third kappa shape index (κ3) is 1.93. The molecule has 0 spiro atoms. The standard InChI is InChI=1S/C14H13FO3/c1-8-2-4-12(17-8)14(16)13-7-9-6-10(15)3-5-11(9)18-13/h3,5-8,12H,2,4H2,1H3. The van der Waals surface area contributed by atoms with E-state index in [1.165, 1.54) is 18.2 Å². The average Bonchev–Trinajstić information content (AvgIpc) is 2.93. The van der Waals surface area contributed by atoms with Crippen molar-refractivity contribution in [1.29, 1.82) is 0 Å². The van der Waals surface area contributed by atoms with Crippen LogP contribution in [-0.2, 0) is 4.74 Å². The van der Waals surface area contributed by atoms with E-state index in [0.717, 1.165) is 6.42 Å². The highest BCUT2D eigenvalue weighted by Gasteiger charge is 2.30. The molecule has 2 aromatic rings. The fourth-order valence-electron chi connectivity index (χ4n) is 2.29. The first kappa shape index (κ1) is 11.4. The summed E-state index contributed by atoms with van der Waals surface area (Å²) in [6.45, 7) is 1.95. The van der Waals surface area contributed by atoms with Gasteiger partial charge in [-0.15, -0.1) is 0 Å². The van der Waals surface area contributed by atoms with E-state index in [1.54, 1.807) is 6.07 Å². The molecule has 18 heavy (non-hydrogen) atoms. The first-order valence-electron chi connectivity index (χ1n) is 6.02. The average molecular weight is 248 g/mol. The number of Topliss-reactive ketones (excluding diaryl/α,β-unsaturated/α-hetero) is 1. The van der Waals surface area contributed by atoms with Gasteiger partial charge in [-0.1, -0.05) is 0 Å². The maximum atomic E-state index is 13.0. The minimum atomic E-state index is -0.426. The van der Waals surface area contributed by atoms with E-state index in [2.05, 4.69) is 0 Å². The predicted octanol–water partition coefficient (Wildman–Crippen LogP) is 3.32. The molecule has 1 fully saturated rings. The number of ether oxygens (including phenoxy) is 1. The number of ketones is 1. The van der Waals surface area contributed by atoms with Crippen molar-refractivity contribution in [2.45, 2.75) is 32.0 Å². The molecule has 1 aliphatic rings. The minimum Gasteiger partial charge on any atom is -0.453 e. The third-order valence-corrected chi connectivity index (χ3v) is 3.25. The zero-order valence-electron chi connectivity index (χ0n) is 9.98. The van der Waals surface area contributed by atoms with Crippen LogP contribution in [0.2, 0.25) is 0 Å². The van der Waals surface area contributed by atoms with Gasteiger partial charge < -0.3 is 9.15 Å². The normalized spacial score (nSPS) is 23.7. The SMILES string of the molecule is CC1CCC(C(=O)c2cc3cc(F)ccc3o2)O1. The smallest absolute Gasteiger partial charge is 0.226 e. The summed E-state index contributed by atoms with van der Waals surface area (Å²) in [6, 6.07) is 5.77. The molecule has 2 heterocycles. The van der Waals surface area contributed by atoms with Crippen LogP contribution in [0.25, 0.3) is 11.0 Å². The van der Waals surface area contributed by atoms with Crippen LogP contribution < -0.4 is 0 Å². The van der Waals surface area contributed by atoms with Gasteiger partial charge >= 0.3 is 0 Å². The summed E-state index contributed by atoms with van der Waals surface area (Å²) in [7, 11) is 0. The second-order valence-electron chi connectivity index (χ2n) is 4.67. The van der Waals surface area contributed by atoms with Crippen molar-refractivity contribution in [2.24, 2.45) is 0 Å². The van der Waals surface area contributed by atoms with E-state index in [1.807, 2.05) is 6.92 Å². The number of carbonyl (C=O) groups is 1.